The lowest BCUT2D eigenvalue weighted by molar-refractivity contribution is -0.138. The van der Waals surface area contributed by atoms with E-state index in [0.717, 1.165) is 19.6 Å². The molecule has 1 aromatic carbocycles. The maximum Gasteiger partial charge on any atom is 0.339 e. The van der Waals surface area contributed by atoms with Crippen molar-refractivity contribution in [2.24, 2.45) is 0 Å². The molecule has 2 aliphatic rings. The first-order valence-electron chi connectivity index (χ1n) is 9.29. The number of ether oxygens (including phenoxy) is 1. The molecule has 8 heteroatoms. The van der Waals surface area contributed by atoms with Crippen LogP contribution in [0.1, 0.15) is 18.9 Å². The van der Waals surface area contributed by atoms with Gasteiger partial charge in [0.15, 0.2) is 0 Å². The molecule has 1 unspecified atom stereocenters. The monoisotopic (exact) mass is 386 g/mol. The van der Waals surface area contributed by atoms with Gasteiger partial charge in [-0.2, -0.15) is 5.26 Å². The molecule has 1 fully saturated rings. The van der Waals surface area contributed by atoms with Crippen molar-refractivity contribution in [2.45, 2.75) is 19.4 Å². The first-order valence-corrected chi connectivity index (χ1v) is 9.29. The summed E-state index contributed by atoms with van der Waals surface area (Å²) in [5, 5.41) is 11.3. The number of halogens is 1. The van der Waals surface area contributed by atoms with E-state index in [1.165, 1.54) is 13.0 Å². The molecule has 0 saturated carbocycles. The third kappa shape index (κ3) is 4.67. The van der Waals surface area contributed by atoms with Crippen molar-refractivity contribution in [3.05, 3.63) is 35.7 Å². The van der Waals surface area contributed by atoms with Gasteiger partial charge in [-0.15, -0.1) is 0 Å². The van der Waals surface area contributed by atoms with E-state index < -0.39 is 12.1 Å². The van der Waals surface area contributed by atoms with Crippen molar-refractivity contribution in [1.82, 2.24) is 10.2 Å². The smallest absolute Gasteiger partial charge is 0.339 e. The summed E-state index contributed by atoms with van der Waals surface area (Å²) < 4.78 is 19.9. The third-order valence-electron chi connectivity index (χ3n) is 4.89. The van der Waals surface area contributed by atoms with Crippen LogP contribution in [0.15, 0.2) is 24.3 Å². The fraction of sp³-hybridized carbons (Fsp3) is 0.450. The molecule has 1 N–H and O–H groups in total. The van der Waals surface area contributed by atoms with Crippen LogP contribution in [0.4, 0.5) is 10.1 Å². The average molecular weight is 386 g/mol. The van der Waals surface area contributed by atoms with Crippen molar-refractivity contribution >= 4 is 23.1 Å². The number of carbonyl (C=O) groups excluding carboxylic acids is 2. The summed E-state index contributed by atoms with van der Waals surface area (Å²) >= 11 is 0. The Hall–Kier alpha value is -2.92. The Balaban J connectivity index is 1.66. The van der Waals surface area contributed by atoms with Gasteiger partial charge in [-0.1, -0.05) is 6.07 Å². The molecule has 2 heterocycles. The standard InChI is InChI=1S/C20H23FN4O3/c1-14(26)23-13-16-12-17(20(27)28-16)15-3-4-19(18(21)11-15)25-9-7-24(8-10-25)6-2-5-22/h3-4,11-12,16H,2,6-10,13H2,1H3,(H,23,26). The molecule has 1 saturated heterocycles. The zero-order chi connectivity index (χ0) is 20.1. The van der Waals surface area contributed by atoms with E-state index in [4.69, 9.17) is 10.00 Å². The van der Waals surface area contributed by atoms with Gasteiger partial charge in [0, 0.05) is 46.1 Å². The fourth-order valence-corrected chi connectivity index (χ4v) is 3.40. The van der Waals surface area contributed by atoms with Gasteiger partial charge in [0.05, 0.1) is 23.9 Å². The predicted molar refractivity (Wildman–Crippen MR) is 102 cm³/mol. The third-order valence-corrected chi connectivity index (χ3v) is 4.89. The van der Waals surface area contributed by atoms with Gasteiger partial charge in [0.1, 0.15) is 11.9 Å². The number of hydrogen-bond donors (Lipinski definition) is 1. The second-order valence-electron chi connectivity index (χ2n) is 6.86. The van der Waals surface area contributed by atoms with Gasteiger partial charge < -0.3 is 15.0 Å². The van der Waals surface area contributed by atoms with Crippen LogP contribution in [0.2, 0.25) is 0 Å². The summed E-state index contributed by atoms with van der Waals surface area (Å²) in [4.78, 5) is 27.3. The topological polar surface area (TPSA) is 85.7 Å². The van der Waals surface area contributed by atoms with E-state index in [1.807, 2.05) is 4.90 Å². The van der Waals surface area contributed by atoms with Crippen LogP contribution in [0.5, 0.6) is 0 Å². The zero-order valence-electron chi connectivity index (χ0n) is 15.8. The Morgan fingerprint density at radius 1 is 1.36 bits per heavy atom. The van der Waals surface area contributed by atoms with E-state index in [9.17, 15) is 14.0 Å². The Bertz CT molecular complexity index is 825. The summed E-state index contributed by atoms with van der Waals surface area (Å²) in [5.74, 6) is -1.11. The summed E-state index contributed by atoms with van der Waals surface area (Å²) in [6.45, 7) is 5.26. The summed E-state index contributed by atoms with van der Waals surface area (Å²) in [6.07, 6.45) is 1.56. The number of hydrogen-bond acceptors (Lipinski definition) is 6. The summed E-state index contributed by atoms with van der Waals surface area (Å²) in [7, 11) is 0. The molecule has 1 atom stereocenters. The quantitative estimate of drug-likeness (QED) is 0.742. The number of cyclic esters (lactones) is 1. The minimum atomic E-state index is -0.546. The van der Waals surface area contributed by atoms with Crippen LogP contribution >= 0.6 is 0 Å². The number of carbonyl (C=O) groups is 2. The molecule has 0 bridgehead atoms. The molecule has 1 amide bonds. The number of rotatable bonds is 6. The fourth-order valence-electron chi connectivity index (χ4n) is 3.40. The van der Waals surface area contributed by atoms with Crippen molar-refractivity contribution < 1.29 is 18.7 Å². The number of nitrogens with zero attached hydrogens (tertiary/aromatic N) is 3. The van der Waals surface area contributed by atoms with Crippen LogP contribution in [-0.2, 0) is 14.3 Å². The molecule has 1 aromatic rings. The maximum absolute atomic E-state index is 14.7. The number of piperazine rings is 1. The van der Waals surface area contributed by atoms with Crippen molar-refractivity contribution in [3.8, 4) is 6.07 Å². The van der Waals surface area contributed by atoms with E-state index in [0.29, 0.717) is 36.3 Å². The molecule has 0 aliphatic carbocycles. The number of amides is 1. The highest BCUT2D eigenvalue weighted by Gasteiger charge is 2.28. The molecule has 2 aliphatic heterocycles. The molecule has 148 valence electrons. The molecule has 3 rings (SSSR count). The Kier molecular flexibility index (Phi) is 6.26. The minimum absolute atomic E-state index is 0.196. The first-order chi connectivity index (χ1) is 13.5. The van der Waals surface area contributed by atoms with E-state index in [-0.39, 0.29) is 18.3 Å². The lowest BCUT2D eigenvalue weighted by atomic mass is 10.0. The molecular weight excluding hydrogens is 363 g/mol. The van der Waals surface area contributed by atoms with Gasteiger partial charge in [0.2, 0.25) is 5.91 Å². The van der Waals surface area contributed by atoms with Gasteiger partial charge in [-0.25, -0.2) is 9.18 Å². The first kappa shape index (κ1) is 19.8. The van der Waals surface area contributed by atoms with Crippen LogP contribution < -0.4 is 10.2 Å². The molecule has 0 radical (unpaired) electrons. The number of anilines is 1. The molecular formula is C20H23FN4O3. The molecule has 0 spiro atoms. The number of esters is 1. The van der Waals surface area contributed by atoms with Crippen LogP contribution in [-0.4, -0.2) is 62.1 Å². The molecule has 7 nitrogen and oxygen atoms in total. The number of benzene rings is 1. The zero-order valence-corrected chi connectivity index (χ0v) is 15.8. The highest BCUT2D eigenvalue weighted by Crippen LogP contribution is 2.28. The van der Waals surface area contributed by atoms with E-state index >= 15 is 0 Å². The number of nitrogens with one attached hydrogen (secondary N) is 1. The van der Waals surface area contributed by atoms with E-state index in [1.54, 1.807) is 18.2 Å². The molecule has 0 aromatic heterocycles. The highest BCUT2D eigenvalue weighted by atomic mass is 19.1. The average Bonchev–Trinajstić information content (AvgIpc) is 3.06. The SMILES string of the molecule is CC(=O)NCC1C=C(c2ccc(N3CCN(CCC#N)CC3)c(F)c2)C(=O)O1. The van der Waals surface area contributed by atoms with Crippen LogP contribution in [0.25, 0.3) is 5.57 Å². The van der Waals surface area contributed by atoms with E-state index in [2.05, 4.69) is 16.3 Å². The second kappa shape index (κ2) is 8.85. The summed E-state index contributed by atoms with van der Waals surface area (Å²) in [6, 6.07) is 6.90. The second-order valence-corrected chi connectivity index (χ2v) is 6.86. The Morgan fingerprint density at radius 3 is 2.75 bits per heavy atom. The normalized spacial score (nSPS) is 19.8. The predicted octanol–water partition coefficient (Wildman–Crippen LogP) is 1.31. The van der Waals surface area contributed by atoms with Crippen molar-refractivity contribution in [2.75, 3.05) is 44.2 Å². The Morgan fingerprint density at radius 2 is 2.11 bits per heavy atom. The van der Waals surface area contributed by atoms with Gasteiger partial charge in [-0.3, -0.25) is 9.69 Å². The lowest BCUT2D eigenvalue weighted by Gasteiger charge is -2.36. The summed E-state index contributed by atoms with van der Waals surface area (Å²) in [5.41, 5.74) is 1.27. The number of nitriles is 1. The Labute approximate surface area is 163 Å². The lowest BCUT2D eigenvalue weighted by Crippen LogP contribution is -2.46. The largest absolute Gasteiger partial charge is 0.453 e. The minimum Gasteiger partial charge on any atom is -0.453 e. The van der Waals surface area contributed by atoms with Crippen molar-refractivity contribution in [3.63, 3.8) is 0 Å². The van der Waals surface area contributed by atoms with Crippen LogP contribution in [0.3, 0.4) is 0 Å². The maximum atomic E-state index is 14.7. The van der Waals surface area contributed by atoms with Gasteiger partial charge in [0.25, 0.3) is 0 Å². The van der Waals surface area contributed by atoms with Crippen LogP contribution in [0, 0.1) is 17.1 Å². The van der Waals surface area contributed by atoms with Crippen molar-refractivity contribution in [1.29, 1.82) is 5.26 Å². The highest BCUT2D eigenvalue weighted by molar-refractivity contribution is 6.18. The molecule has 28 heavy (non-hydrogen) atoms. The van der Waals surface area contributed by atoms with Gasteiger partial charge in [-0.05, 0) is 23.8 Å². The van der Waals surface area contributed by atoms with Gasteiger partial charge >= 0.3 is 5.97 Å².